The van der Waals surface area contributed by atoms with Crippen LogP contribution in [0.3, 0.4) is 0 Å². The Morgan fingerprint density at radius 1 is 1.13 bits per heavy atom. The van der Waals surface area contributed by atoms with Crippen molar-refractivity contribution >= 4 is 28.8 Å². The summed E-state index contributed by atoms with van der Waals surface area (Å²) in [5.41, 5.74) is 4.01. The Morgan fingerprint density at radius 2 is 1.81 bits per heavy atom. The first-order valence-electron chi connectivity index (χ1n) is 10.5. The van der Waals surface area contributed by atoms with Gasteiger partial charge in [-0.05, 0) is 36.5 Å². The van der Waals surface area contributed by atoms with Crippen LogP contribution in [0.25, 0.3) is 0 Å². The minimum absolute atomic E-state index is 0.0393. The van der Waals surface area contributed by atoms with Crippen LogP contribution in [0.15, 0.2) is 70.9 Å². The monoisotopic (exact) mass is 434 g/mol. The van der Waals surface area contributed by atoms with Crippen LogP contribution in [0.5, 0.6) is 0 Å². The highest BCUT2D eigenvalue weighted by Crippen LogP contribution is 2.43. The van der Waals surface area contributed by atoms with E-state index < -0.39 is 12.0 Å². The fourth-order valence-electron chi connectivity index (χ4n) is 3.84. The molecule has 31 heavy (non-hydrogen) atoms. The van der Waals surface area contributed by atoms with E-state index in [1.807, 2.05) is 56.3 Å². The van der Waals surface area contributed by atoms with Crippen molar-refractivity contribution in [1.82, 2.24) is 4.90 Å². The van der Waals surface area contributed by atoms with E-state index in [-0.39, 0.29) is 17.8 Å². The van der Waals surface area contributed by atoms with Gasteiger partial charge in [-0.1, -0.05) is 80.2 Å². The summed E-state index contributed by atoms with van der Waals surface area (Å²) in [6, 6.07) is 17.1. The number of benzene rings is 2. The third-order valence-corrected chi connectivity index (χ3v) is 6.66. The predicted molar refractivity (Wildman–Crippen MR) is 124 cm³/mol. The van der Waals surface area contributed by atoms with E-state index in [0.717, 1.165) is 11.1 Å². The van der Waals surface area contributed by atoms with Crippen LogP contribution in [0.1, 0.15) is 56.3 Å². The molecule has 2 aliphatic heterocycles. The molecule has 2 atom stereocenters. The van der Waals surface area contributed by atoms with Gasteiger partial charge in [0, 0.05) is 0 Å². The molecule has 5 nitrogen and oxygen atoms in total. The number of aliphatic imine (C=N–C) groups is 1. The summed E-state index contributed by atoms with van der Waals surface area (Å²) in [5.74, 6) is -0.0869. The van der Waals surface area contributed by atoms with E-state index in [1.165, 1.54) is 17.3 Å². The molecule has 0 bridgehead atoms. The Bertz CT molecular complexity index is 1060. The quantitative estimate of drug-likeness (QED) is 0.607. The van der Waals surface area contributed by atoms with E-state index in [1.54, 1.807) is 4.90 Å². The first kappa shape index (κ1) is 21.4. The maximum atomic E-state index is 13.2. The highest BCUT2D eigenvalue weighted by molar-refractivity contribution is 8.15. The molecular formula is C25H26N2O3S. The number of amidine groups is 1. The second-order valence-electron chi connectivity index (χ2n) is 8.15. The average Bonchev–Trinajstić information content (AvgIpc) is 3.05. The van der Waals surface area contributed by atoms with Crippen LogP contribution in [0, 0.1) is 0 Å². The zero-order valence-electron chi connectivity index (χ0n) is 18.2. The molecule has 1 fully saturated rings. The summed E-state index contributed by atoms with van der Waals surface area (Å²) in [6.45, 7) is 8.13. The molecule has 0 unspecified atom stereocenters. The number of amides is 1. The number of hydrogen-bond donors (Lipinski definition) is 0. The molecule has 2 heterocycles. The molecule has 2 aliphatic rings. The van der Waals surface area contributed by atoms with Crippen molar-refractivity contribution in [2.75, 3.05) is 0 Å². The van der Waals surface area contributed by atoms with Crippen molar-refractivity contribution in [2.45, 2.75) is 51.5 Å². The lowest BCUT2D eigenvalue weighted by molar-refractivity contribution is -0.141. The Labute approximate surface area is 187 Å². The van der Waals surface area contributed by atoms with Gasteiger partial charge < -0.3 is 4.74 Å². The maximum Gasteiger partial charge on any atom is 0.338 e. The van der Waals surface area contributed by atoms with E-state index >= 15 is 0 Å². The number of rotatable bonds is 5. The molecule has 2 aromatic carbocycles. The number of hydrogen-bond acceptors (Lipinski definition) is 5. The smallest absolute Gasteiger partial charge is 0.338 e. The molecule has 0 N–H and O–H groups in total. The van der Waals surface area contributed by atoms with Crippen LogP contribution in [0.4, 0.5) is 0 Å². The first-order valence-corrected chi connectivity index (χ1v) is 11.3. The van der Waals surface area contributed by atoms with Gasteiger partial charge in [0.15, 0.2) is 5.17 Å². The number of ether oxygens (including phenoxy) is 1. The fraction of sp³-hybridized carbons (Fsp3) is 0.320. The van der Waals surface area contributed by atoms with Gasteiger partial charge in [0.25, 0.3) is 0 Å². The number of esters is 1. The van der Waals surface area contributed by atoms with Crippen molar-refractivity contribution in [2.24, 2.45) is 4.99 Å². The molecular weight excluding hydrogens is 408 g/mol. The molecule has 0 saturated carbocycles. The molecule has 1 amide bonds. The van der Waals surface area contributed by atoms with Gasteiger partial charge in [0.2, 0.25) is 5.91 Å². The van der Waals surface area contributed by atoms with Gasteiger partial charge in [0.1, 0.15) is 6.61 Å². The van der Waals surface area contributed by atoms with Crippen molar-refractivity contribution in [3.63, 3.8) is 0 Å². The van der Waals surface area contributed by atoms with Crippen LogP contribution in [0.2, 0.25) is 0 Å². The van der Waals surface area contributed by atoms with Crippen molar-refractivity contribution in [1.29, 1.82) is 0 Å². The van der Waals surface area contributed by atoms with E-state index in [2.05, 4.69) is 31.0 Å². The third-order valence-electron chi connectivity index (χ3n) is 5.61. The summed E-state index contributed by atoms with van der Waals surface area (Å²) in [7, 11) is 0. The highest BCUT2D eigenvalue weighted by atomic mass is 32.2. The van der Waals surface area contributed by atoms with Crippen molar-refractivity contribution in [3.8, 4) is 0 Å². The van der Waals surface area contributed by atoms with Crippen LogP contribution in [-0.4, -0.2) is 27.2 Å². The number of thioether (sulfide) groups is 1. The van der Waals surface area contributed by atoms with E-state index in [0.29, 0.717) is 22.4 Å². The number of allylic oxidation sites excluding steroid dienone is 1. The third kappa shape index (κ3) is 4.17. The molecule has 160 valence electrons. The standard InChI is InChI=1S/C25H26N2O3S/c1-15(2)19-10-12-20(13-11-19)22-21(24(29)30-14-18-8-6-5-7-9-18)16(3)26-25-27(22)23(28)17(4)31-25/h5-13,15,17,22H,14H2,1-4H3/t17-,22-/m1/s1. The lowest BCUT2D eigenvalue weighted by Crippen LogP contribution is -2.40. The molecule has 6 heteroatoms. The van der Waals surface area contributed by atoms with Gasteiger partial charge in [-0.15, -0.1) is 0 Å². The maximum absolute atomic E-state index is 13.2. The normalized spacial score (nSPS) is 20.7. The van der Waals surface area contributed by atoms with Crippen LogP contribution < -0.4 is 0 Å². The van der Waals surface area contributed by atoms with Gasteiger partial charge in [-0.3, -0.25) is 9.69 Å². The second-order valence-corrected chi connectivity index (χ2v) is 9.46. The number of nitrogens with zero attached hydrogens (tertiary/aromatic N) is 2. The summed E-state index contributed by atoms with van der Waals surface area (Å²) < 4.78 is 5.65. The molecule has 4 rings (SSSR count). The van der Waals surface area contributed by atoms with Gasteiger partial charge in [-0.25, -0.2) is 9.79 Å². The molecule has 1 saturated heterocycles. The van der Waals surface area contributed by atoms with E-state index in [9.17, 15) is 9.59 Å². The number of carbonyl (C=O) groups excluding carboxylic acids is 2. The van der Waals surface area contributed by atoms with Crippen LogP contribution >= 0.6 is 11.8 Å². The predicted octanol–water partition coefficient (Wildman–Crippen LogP) is 5.20. The summed E-state index contributed by atoms with van der Waals surface area (Å²) in [6.07, 6.45) is 0. The summed E-state index contributed by atoms with van der Waals surface area (Å²) >= 11 is 1.43. The zero-order chi connectivity index (χ0) is 22.1. The largest absolute Gasteiger partial charge is 0.457 e. The zero-order valence-corrected chi connectivity index (χ0v) is 19.0. The number of carbonyl (C=O) groups is 2. The fourth-order valence-corrected chi connectivity index (χ4v) is 4.87. The Kier molecular flexibility index (Phi) is 6.01. The van der Waals surface area contributed by atoms with Crippen molar-refractivity contribution in [3.05, 3.63) is 82.6 Å². The second kappa shape index (κ2) is 8.71. The molecule has 0 radical (unpaired) electrons. The molecule has 0 aromatic heterocycles. The lowest BCUT2D eigenvalue weighted by Gasteiger charge is -2.33. The Balaban J connectivity index is 1.70. The summed E-state index contributed by atoms with van der Waals surface area (Å²) in [4.78, 5) is 32.5. The van der Waals surface area contributed by atoms with Gasteiger partial charge in [-0.2, -0.15) is 0 Å². The van der Waals surface area contributed by atoms with E-state index in [4.69, 9.17) is 4.74 Å². The highest BCUT2D eigenvalue weighted by Gasteiger charge is 2.46. The minimum atomic E-state index is -0.540. The topological polar surface area (TPSA) is 59.0 Å². The summed E-state index contributed by atoms with van der Waals surface area (Å²) in [5, 5.41) is 0.413. The minimum Gasteiger partial charge on any atom is -0.457 e. The lowest BCUT2D eigenvalue weighted by atomic mass is 9.92. The average molecular weight is 435 g/mol. The van der Waals surface area contributed by atoms with Gasteiger partial charge >= 0.3 is 5.97 Å². The van der Waals surface area contributed by atoms with Gasteiger partial charge in [0.05, 0.1) is 22.6 Å². The Morgan fingerprint density at radius 3 is 2.45 bits per heavy atom. The SMILES string of the molecule is CC1=C(C(=O)OCc2ccccc2)[C@@H](c2ccc(C(C)C)cc2)N2C(=O)[C@@H](C)SC2=N1. The van der Waals surface area contributed by atoms with Crippen LogP contribution in [-0.2, 0) is 20.9 Å². The Hall–Kier alpha value is -2.86. The molecule has 0 spiro atoms. The van der Waals surface area contributed by atoms with Crippen molar-refractivity contribution < 1.29 is 14.3 Å². The number of fused-ring (bicyclic) bond motifs is 1. The molecule has 0 aliphatic carbocycles. The first-order chi connectivity index (χ1) is 14.9. The molecule has 2 aromatic rings.